The van der Waals surface area contributed by atoms with Gasteiger partial charge in [0.05, 0.1) is 30.9 Å². The summed E-state index contributed by atoms with van der Waals surface area (Å²) in [5, 5.41) is 8.53. The number of nitrogens with one attached hydrogen (secondary N) is 3. The van der Waals surface area contributed by atoms with Gasteiger partial charge in [-0.2, -0.15) is 0 Å². The van der Waals surface area contributed by atoms with Crippen LogP contribution in [0.4, 0.5) is 11.4 Å². The number of hydrogen-bond donors (Lipinski definition) is 3. The van der Waals surface area contributed by atoms with E-state index in [1.54, 1.807) is 24.3 Å². The Morgan fingerprint density at radius 3 is 2.12 bits per heavy atom. The molecule has 0 aliphatic heterocycles. The first-order valence-corrected chi connectivity index (χ1v) is 11.4. The van der Waals surface area contributed by atoms with Gasteiger partial charge in [0.25, 0.3) is 5.91 Å². The van der Waals surface area contributed by atoms with Crippen LogP contribution < -0.4 is 25.4 Å². The van der Waals surface area contributed by atoms with Crippen LogP contribution in [0.2, 0.25) is 0 Å². The van der Waals surface area contributed by atoms with Gasteiger partial charge in [0.2, 0.25) is 11.8 Å². The molecule has 1 saturated carbocycles. The van der Waals surface area contributed by atoms with Crippen LogP contribution in [0, 0.1) is 0 Å². The first-order chi connectivity index (χ1) is 16.0. The van der Waals surface area contributed by atoms with Gasteiger partial charge in [-0.1, -0.05) is 12.8 Å². The third kappa shape index (κ3) is 7.00. The van der Waals surface area contributed by atoms with E-state index in [1.165, 1.54) is 6.26 Å². The summed E-state index contributed by atoms with van der Waals surface area (Å²) in [6.07, 6.45) is 5.83. The minimum atomic E-state index is -0.437. The van der Waals surface area contributed by atoms with Gasteiger partial charge in [0.1, 0.15) is 11.5 Å². The van der Waals surface area contributed by atoms with Gasteiger partial charge in [-0.3, -0.25) is 14.4 Å². The van der Waals surface area contributed by atoms with Gasteiger partial charge in [-0.25, -0.2) is 0 Å². The molecule has 0 spiro atoms. The van der Waals surface area contributed by atoms with Crippen LogP contribution in [0.3, 0.4) is 0 Å². The molecule has 1 aromatic heterocycles. The molecule has 3 N–H and O–H groups in total. The summed E-state index contributed by atoms with van der Waals surface area (Å²) in [4.78, 5) is 37.1. The molecule has 1 aromatic carbocycles. The monoisotopic (exact) mass is 457 g/mol. The Kier molecular flexibility index (Phi) is 8.74. The molecule has 0 atom stereocenters. The van der Waals surface area contributed by atoms with Gasteiger partial charge < -0.3 is 29.8 Å². The number of anilines is 2. The second kappa shape index (κ2) is 11.9. The summed E-state index contributed by atoms with van der Waals surface area (Å²) in [7, 11) is 0. The van der Waals surface area contributed by atoms with Gasteiger partial charge in [-0.05, 0) is 38.8 Å². The first-order valence-electron chi connectivity index (χ1n) is 11.4. The van der Waals surface area contributed by atoms with Crippen molar-refractivity contribution in [3.05, 3.63) is 36.3 Å². The van der Waals surface area contributed by atoms with Crippen molar-refractivity contribution in [3.63, 3.8) is 0 Å². The second-order valence-electron chi connectivity index (χ2n) is 7.74. The van der Waals surface area contributed by atoms with Crippen molar-refractivity contribution in [1.29, 1.82) is 0 Å². The molecule has 3 amide bonds. The maximum absolute atomic E-state index is 12.5. The first kappa shape index (κ1) is 24.2. The molecule has 0 bridgehead atoms. The Morgan fingerprint density at radius 2 is 1.55 bits per heavy atom. The van der Waals surface area contributed by atoms with Crippen molar-refractivity contribution < 1.29 is 28.3 Å². The molecule has 0 unspecified atom stereocenters. The lowest BCUT2D eigenvalue weighted by Gasteiger charge is -2.17. The minimum absolute atomic E-state index is 0.0467. The average molecular weight is 458 g/mol. The molecular weight excluding hydrogens is 426 g/mol. The van der Waals surface area contributed by atoms with Gasteiger partial charge in [-0.15, -0.1) is 0 Å². The van der Waals surface area contributed by atoms with Crippen LogP contribution in [0.15, 0.2) is 34.9 Å². The molecule has 0 saturated heterocycles. The molecule has 0 radical (unpaired) electrons. The van der Waals surface area contributed by atoms with Crippen molar-refractivity contribution in [3.8, 4) is 11.5 Å². The fourth-order valence-electron chi connectivity index (χ4n) is 3.71. The predicted molar refractivity (Wildman–Crippen MR) is 124 cm³/mol. The fraction of sp³-hybridized carbons (Fsp3) is 0.458. The lowest BCUT2D eigenvalue weighted by Crippen LogP contribution is -2.33. The minimum Gasteiger partial charge on any atom is -0.492 e. The van der Waals surface area contributed by atoms with Crippen LogP contribution in [0.5, 0.6) is 11.5 Å². The predicted octanol–water partition coefficient (Wildman–Crippen LogP) is 4.11. The molecule has 1 aliphatic rings. The Balaban J connectivity index is 1.68. The van der Waals surface area contributed by atoms with Crippen LogP contribution in [0.25, 0.3) is 0 Å². The number of furan rings is 1. The molecule has 1 heterocycles. The van der Waals surface area contributed by atoms with Crippen LogP contribution in [-0.4, -0.2) is 37.0 Å². The van der Waals surface area contributed by atoms with Crippen LogP contribution in [0.1, 0.15) is 62.9 Å². The molecular formula is C24H31N3O6. The zero-order chi connectivity index (χ0) is 23.6. The van der Waals surface area contributed by atoms with Gasteiger partial charge in [0, 0.05) is 31.0 Å². The Morgan fingerprint density at radius 1 is 0.939 bits per heavy atom. The molecule has 9 heteroatoms. The van der Waals surface area contributed by atoms with E-state index in [-0.39, 0.29) is 36.5 Å². The Hall–Kier alpha value is -3.49. The van der Waals surface area contributed by atoms with Crippen molar-refractivity contribution in [2.24, 2.45) is 0 Å². The Labute approximate surface area is 193 Å². The van der Waals surface area contributed by atoms with Crippen molar-refractivity contribution in [1.82, 2.24) is 5.32 Å². The van der Waals surface area contributed by atoms with Crippen molar-refractivity contribution in [2.75, 3.05) is 23.8 Å². The summed E-state index contributed by atoms with van der Waals surface area (Å²) < 4.78 is 16.5. The topological polar surface area (TPSA) is 119 Å². The highest BCUT2D eigenvalue weighted by atomic mass is 16.5. The van der Waals surface area contributed by atoms with E-state index >= 15 is 0 Å². The van der Waals surface area contributed by atoms with E-state index in [2.05, 4.69) is 16.0 Å². The summed E-state index contributed by atoms with van der Waals surface area (Å²) >= 11 is 0. The standard InChI is InChI=1S/C24H31N3O6/c1-3-31-20-15-18(27-24(30)19-10-7-13-33-19)21(32-4-2)14-17(20)26-23(29)12-11-22(28)25-16-8-5-6-9-16/h7,10,13-16H,3-6,8-9,11-12H2,1-2H3,(H,25,28)(H,26,29)(H,27,30). The van der Waals surface area contributed by atoms with E-state index in [9.17, 15) is 14.4 Å². The lowest BCUT2D eigenvalue weighted by atomic mass is 10.2. The Bertz CT molecular complexity index is 951. The summed E-state index contributed by atoms with van der Waals surface area (Å²) in [5.41, 5.74) is 0.785. The molecule has 178 valence electrons. The van der Waals surface area contributed by atoms with E-state index in [1.807, 2.05) is 13.8 Å². The highest BCUT2D eigenvalue weighted by molar-refractivity contribution is 6.04. The van der Waals surface area contributed by atoms with Crippen molar-refractivity contribution in [2.45, 2.75) is 58.4 Å². The molecule has 2 aromatic rings. The smallest absolute Gasteiger partial charge is 0.291 e. The quantitative estimate of drug-likeness (QED) is 0.467. The lowest BCUT2D eigenvalue weighted by molar-refractivity contribution is -0.124. The number of rotatable bonds is 11. The molecule has 1 fully saturated rings. The summed E-state index contributed by atoms with van der Waals surface area (Å²) in [5.74, 6) is 0.0344. The number of benzene rings is 1. The number of hydrogen-bond acceptors (Lipinski definition) is 6. The summed E-state index contributed by atoms with van der Waals surface area (Å²) in [6, 6.07) is 6.59. The van der Waals surface area contributed by atoms with Gasteiger partial charge >= 0.3 is 0 Å². The number of amides is 3. The van der Waals surface area contributed by atoms with E-state index < -0.39 is 5.91 Å². The van der Waals surface area contributed by atoms with E-state index in [0.717, 1.165) is 25.7 Å². The average Bonchev–Trinajstić information content (AvgIpc) is 3.50. The zero-order valence-electron chi connectivity index (χ0n) is 19.1. The maximum atomic E-state index is 12.5. The maximum Gasteiger partial charge on any atom is 0.291 e. The largest absolute Gasteiger partial charge is 0.492 e. The van der Waals surface area contributed by atoms with Crippen LogP contribution in [-0.2, 0) is 9.59 Å². The third-order valence-electron chi connectivity index (χ3n) is 5.25. The molecule has 3 rings (SSSR count). The SMILES string of the molecule is CCOc1cc(NC(=O)c2ccco2)c(OCC)cc1NC(=O)CCC(=O)NC1CCCC1. The number of carbonyl (C=O) groups excluding carboxylic acids is 3. The van der Waals surface area contributed by atoms with Gasteiger partial charge in [0.15, 0.2) is 5.76 Å². The normalized spacial score (nSPS) is 13.4. The fourth-order valence-corrected chi connectivity index (χ4v) is 3.71. The summed E-state index contributed by atoms with van der Waals surface area (Å²) in [6.45, 7) is 4.34. The third-order valence-corrected chi connectivity index (χ3v) is 5.25. The highest BCUT2D eigenvalue weighted by Gasteiger charge is 2.20. The highest BCUT2D eigenvalue weighted by Crippen LogP contribution is 2.37. The second-order valence-corrected chi connectivity index (χ2v) is 7.74. The van der Waals surface area contributed by atoms with E-state index in [0.29, 0.717) is 36.1 Å². The molecule has 1 aliphatic carbocycles. The van der Waals surface area contributed by atoms with Crippen molar-refractivity contribution >= 4 is 29.1 Å². The number of carbonyl (C=O) groups is 3. The molecule has 33 heavy (non-hydrogen) atoms. The molecule has 9 nitrogen and oxygen atoms in total. The number of ether oxygens (including phenoxy) is 2. The van der Waals surface area contributed by atoms with E-state index in [4.69, 9.17) is 13.9 Å². The van der Waals surface area contributed by atoms with Crippen LogP contribution >= 0.6 is 0 Å². The zero-order valence-corrected chi connectivity index (χ0v) is 19.1.